The van der Waals surface area contributed by atoms with Crippen molar-refractivity contribution in [2.75, 3.05) is 0 Å². The number of carbonyl (C=O) groups excluding carboxylic acids is 1. The number of carbonyl (C=O) groups is 2. The van der Waals surface area contributed by atoms with Gasteiger partial charge in [-0.25, -0.2) is 9.78 Å². The molecule has 1 amide bonds. The van der Waals surface area contributed by atoms with Gasteiger partial charge in [-0.15, -0.1) is 0 Å². The van der Waals surface area contributed by atoms with Gasteiger partial charge in [0, 0.05) is 17.9 Å². The Balaban J connectivity index is 1.37. The average Bonchev–Trinajstić information content (AvgIpc) is 3.51. The molecule has 0 saturated heterocycles. The zero-order valence-electron chi connectivity index (χ0n) is 21.1. The lowest BCUT2D eigenvalue weighted by molar-refractivity contribution is -0.148. The third kappa shape index (κ3) is 5.77. The van der Waals surface area contributed by atoms with Gasteiger partial charge in [-0.05, 0) is 55.7 Å². The maximum absolute atomic E-state index is 13.0. The van der Waals surface area contributed by atoms with Crippen LogP contribution in [0.4, 0.5) is 0 Å². The van der Waals surface area contributed by atoms with Crippen molar-refractivity contribution in [3.63, 3.8) is 0 Å². The van der Waals surface area contributed by atoms with Gasteiger partial charge in [0.1, 0.15) is 17.0 Å². The number of benzene rings is 1. The van der Waals surface area contributed by atoms with Crippen LogP contribution in [0.3, 0.4) is 0 Å². The van der Waals surface area contributed by atoms with Crippen molar-refractivity contribution in [3.05, 3.63) is 41.3 Å². The molecule has 0 bridgehead atoms. The molecule has 0 spiro atoms. The standard InChI is InChI=1S/C28H38N2O5/c1-4-24-23(29-26(35-24)20-12-10-19(11-13-20)18(2)3)17-34-22-9-7-8-21(16-22)25(31)30-28(27(32)33)14-5-6-15-28/h10-13,18,21-22H,4-9,14-17H2,1-3H3,(H,30,31)(H,32,33). The summed E-state index contributed by atoms with van der Waals surface area (Å²) in [6.07, 6.45) is 6.50. The van der Waals surface area contributed by atoms with E-state index in [4.69, 9.17) is 14.1 Å². The smallest absolute Gasteiger partial charge is 0.329 e. The summed E-state index contributed by atoms with van der Waals surface area (Å²) in [6.45, 7) is 6.72. The molecule has 190 valence electrons. The van der Waals surface area contributed by atoms with E-state index < -0.39 is 11.5 Å². The molecule has 2 aliphatic carbocycles. The molecule has 0 aliphatic heterocycles. The van der Waals surface area contributed by atoms with Gasteiger partial charge in [0.15, 0.2) is 0 Å². The van der Waals surface area contributed by atoms with E-state index in [0.717, 1.165) is 55.5 Å². The maximum atomic E-state index is 13.0. The van der Waals surface area contributed by atoms with Crippen molar-refractivity contribution in [3.8, 4) is 11.5 Å². The summed E-state index contributed by atoms with van der Waals surface area (Å²) in [5, 5.41) is 12.6. The average molecular weight is 483 g/mol. The largest absolute Gasteiger partial charge is 0.480 e. The van der Waals surface area contributed by atoms with E-state index in [1.54, 1.807) is 0 Å². The van der Waals surface area contributed by atoms with Crippen LogP contribution in [0.2, 0.25) is 0 Å². The van der Waals surface area contributed by atoms with Crippen LogP contribution >= 0.6 is 0 Å². The number of carboxylic acids is 1. The Morgan fingerprint density at radius 1 is 1.17 bits per heavy atom. The Hall–Kier alpha value is -2.67. The van der Waals surface area contributed by atoms with Crippen LogP contribution < -0.4 is 5.32 Å². The van der Waals surface area contributed by atoms with E-state index >= 15 is 0 Å². The van der Waals surface area contributed by atoms with Crippen molar-refractivity contribution in [2.24, 2.45) is 5.92 Å². The molecule has 7 nitrogen and oxygen atoms in total. The Labute approximate surface area is 207 Å². The molecule has 2 fully saturated rings. The lowest BCUT2D eigenvalue weighted by Crippen LogP contribution is -2.54. The van der Waals surface area contributed by atoms with Crippen LogP contribution in [0.5, 0.6) is 0 Å². The first-order valence-corrected chi connectivity index (χ1v) is 13.1. The summed E-state index contributed by atoms with van der Waals surface area (Å²) in [5.41, 5.74) is 1.94. The predicted molar refractivity (Wildman–Crippen MR) is 133 cm³/mol. The monoisotopic (exact) mass is 482 g/mol. The Kier molecular flexibility index (Phi) is 7.95. The molecule has 2 saturated carbocycles. The summed E-state index contributed by atoms with van der Waals surface area (Å²) >= 11 is 0. The van der Waals surface area contributed by atoms with Crippen molar-refractivity contribution < 1.29 is 23.8 Å². The minimum Gasteiger partial charge on any atom is -0.480 e. The first kappa shape index (κ1) is 25.4. The summed E-state index contributed by atoms with van der Waals surface area (Å²) in [5.74, 6) is 0.613. The Morgan fingerprint density at radius 3 is 2.51 bits per heavy atom. The molecule has 1 aromatic carbocycles. The number of hydrogen-bond donors (Lipinski definition) is 2. The fourth-order valence-corrected chi connectivity index (χ4v) is 5.35. The summed E-state index contributed by atoms with van der Waals surface area (Å²) in [6, 6.07) is 8.31. The maximum Gasteiger partial charge on any atom is 0.329 e. The first-order valence-electron chi connectivity index (χ1n) is 13.1. The molecule has 35 heavy (non-hydrogen) atoms. The number of ether oxygens (including phenoxy) is 1. The second-order valence-corrected chi connectivity index (χ2v) is 10.4. The first-order chi connectivity index (χ1) is 16.8. The minimum atomic E-state index is -1.09. The highest BCUT2D eigenvalue weighted by molar-refractivity contribution is 5.88. The minimum absolute atomic E-state index is 0.0564. The van der Waals surface area contributed by atoms with Crippen LogP contribution in [-0.4, -0.2) is 33.6 Å². The number of aliphatic carboxylic acids is 1. The zero-order valence-corrected chi connectivity index (χ0v) is 21.1. The van der Waals surface area contributed by atoms with Gasteiger partial charge in [-0.1, -0.05) is 52.2 Å². The SMILES string of the molecule is CCc1oc(-c2ccc(C(C)C)cc2)nc1COC1CCCC(C(=O)NC2(C(=O)O)CCCC2)C1. The highest BCUT2D eigenvalue weighted by Gasteiger charge is 2.44. The lowest BCUT2D eigenvalue weighted by Gasteiger charge is -2.32. The highest BCUT2D eigenvalue weighted by atomic mass is 16.5. The number of carboxylic acid groups (broad SMARTS) is 1. The lowest BCUT2D eigenvalue weighted by atomic mass is 9.85. The number of aryl methyl sites for hydroxylation is 1. The van der Waals surface area contributed by atoms with E-state index in [1.165, 1.54) is 5.56 Å². The van der Waals surface area contributed by atoms with Gasteiger partial charge in [0.05, 0.1) is 12.7 Å². The van der Waals surface area contributed by atoms with E-state index in [9.17, 15) is 14.7 Å². The number of hydrogen-bond acceptors (Lipinski definition) is 5. The molecule has 2 aromatic rings. The molecule has 2 atom stereocenters. The van der Waals surface area contributed by atoms with Crippen LogP contribution in [-0.2, 0) is 27.4 Å². The second kappa shape index (κ2) is 10.9. The number of oxazole rings is 1. The zero-order chi connectivity index (χ0) is 25.0. The van der Waals surface area contributed by atoms with E-state index in [-0.39, 0.29) is 17.9 Å². The van der Waals surface area contributed by atoms with Gasteiger partial charge in [0.2, 0.25) is 11.8 Å². The summed E-state index contributed by atoms with van der Waals surface area (Å²) in [4.78, 5) is 29.5. The summed E-state index contributed by atoms with van der Waals surface area (Å²) in [7, 11) is 0. The third-order valence-electron chi connectivity index (χ3n) is 7.61. The normalized spacial score (nSPS) is 21.8. The van der Waals surface area contributed by atoms with Gasteiger partial charge in [-0.2, -0.15) is 0 Å². The topological polar surface area (TPSA) is 102 Å². The van der Waals surface area contributed by atoms with Gasteiger partial charge >= 0.3 is 5.97 Å². The quantitative estimate of drug-likeness (QED) is 0.481. The summed E-state index contributed by atoms with van der Waals surface area (Å²) < 4.78 is 12.3. The molecule has 2 N–H and O–H groups in total. The predicted octanol–water partition coefficient (Wildman–Crippen LogP) is 5.62. The van der Waals surface area contributed by atoms with Crippen LogP contribution in [0, 0.1) is 5.92 Å². The van der Waals surface area contributed by atoms with Crippen molar-refractivity contribution in [2.45, 2.75) is 103 Å². The molecule has 7 heteroatoms. The van der Waals surface area contributed by atoms with Crippen molar-refractivity contribution in [1.82, 2.24) is 10.3 Å². The molecule has 4 rings (SSSR count). The number of nitrogens with one attached hydrogen (secondary N) is 1. The molecule has 1 aromatic heterocycles. The van der Waals surface area contributed by atoms with Crippen molar-refractivity contribution >= 4 is 11.9 Å². The van der Waals surface area contributed by atoms with Crippen LogP contribution in [0.25, 0.3) is 11.5 Å². The number of aromatic nitrogens is 1. The van der Waals surface area contributed by atoms with Gasteiger partial charge in [-0.3, -0.25) is 4.79 Å². The third-order valence-corrected chi connectivity index (χ3v) is 7.61. The van der Waals surface area contributed by atoms with Crippen LogP contribution in [0.15, 0.2) is 28.7 Å². The van der Waals surface area contributed by atoms with Gasteiger partial charge < -0.3 is 19.6 Å². The molecule has 1 heterocycles. The van der Waals surface area contributed by atoms with Crippen molar-refractivity contribution in [1.29, 1.82) is 0 Å². The number of rotatable bonds is 9. The molecular formula is C28H38N2O5. The molecule has 2 unspecified atom stereocenters. The number of amides is 1. The van der Waals surface area contributed by atoms with E-state index in [1.807, 2.05) is 19.1 Å². The fourth-order valence-electron chi connectivity index (χ4n) is 5.35. The fraction of sp³-hybridized carbons (Fsp3) is 0.607. The van der Waals surface area contributed by atoms with E-state index in [2.05, 4.69) is 31.3 Å². The highest BCUT2D eigenvalue weighted by Crippen LogP contribution is 2.33. The molecule has 0 radical (unpaired) electrons. The van der Waals surface area contributed by atoms with Crippen LogP contribution in [0.1, 0.15) is 95.1 Å². The second-order valence-electron chi connectivity index (χ2n) is 10.4. The Morgan fingerprint density at radius 2 is 1.89 bits per heavy atom. The Bertz CT molecular complexity index is 1020. The molecule has 2 aliphatic rings. The molecular weight excluding hydrogens is 444 g/mol. The van der Waals surface area contributed by atoms with E-state index in [0.29, 0.717) is 37.7 Å². The number of nitrogens with zero attached hydrogens (tertiary/aromatic N) is 1. The van der Waals surface area contributed by atoms with Gasteiger partial charge in [0.25, 0.3) is 0 Å².